The maximum atomic E-state index is 5.62. The van der Waals surface area contributed by atoms with Crippen LogP contribution in [0.25, 0.3) is 123 Å². The number of rotatable bonds is 8. The monoisotopic (exact) mass is 848 g/mol. The number of aromatic nitrogens is 6. The molecule has 0 unspecified atom stereocenters. The third-order valence-electron chi connectivity index (χ3n) is 12.6. The van der Waals surface area contributed by atoms with Crippen LogP contribution in [0.2, 0.25) is 0 Å². The summed E-state index contributed by atoms with van der Waals surface area (Å²) >= 11 is 0. The number of nitrogens with zero attached hydrogens (tertiary/aromatic N) is 6. The molecule has 9 aromatic carbocycles. The molecule has 4 heterocycles. The average Bonchev–Trinajstić information content (AvgIpc) is 4.22. The number of benzene rings is 9. The van der Waals surface area contributed by atoms with Gasteiger partial charge in [-0.25, -0.2) is 0 Å². The predicted octanol–water partition coefficient (Wildman–Crippen LogP) is 14.6. The van der Waals surface area contributed by atoms with E-state index in [9.17, 15) is 0 Å². The van der Waals surface area contributed by atoms with E-state index < -0.39 is 0 Å². The van der Waals surface area contributed by atoms with Crippen LogP contribution in [0.5, 0.6) is 0 Å². The van der Waals surface area contributed by atoms with E-state index in [0.29, 0.717) is 23.4 Å². The lowest BCUT2D eigenvalue weighted by molar-refractivity contribution is 0.432. The third-order valence-corrected chi connectivity index (χ3v) is 12.6. The topological polar surface area (TPSA) is 87.7 Å². The summed E-state index contributed by atoms with van der Waals surface area (Å²) in [5.74, 6) is 2.15. The standard InChI is InChI=1S/C58H36N6O2/c1-3-11-41(12-4-1)55-59-57(65-61-55)43-23-19-37(20-24-43)39-27-31-45(32-28-39)63-49-17-9-7-15-47(49)53-51(63)35-36-52-54(53)48-16-8-10-18-50(48)64(52)46-33-29-40(30-34-46)38-21-25-44(26-22-38)58-60-56(62-66-58)42-13-5-2-6-14-42/h1-36H. The molecule has 8 nitrogen and oxygen atoms in total. The predicted molar refractivity (Wildman–Crippen MR) is 263 cm³/mol. The highest BCUT2D eigenvalue weighted by Gasteiger charge is 2.21. The van der Waals surface area contributed by atoms with Crippen LogP contribution in [0.1, 0.15) is 0 Å². The first kappa shape index (κ1) is 37.4. The van der Waals surface area contributed by atoms with Gasteiger partial charge in [-0.2, -0.15) is 9.97 Å². The molecule has 0 aliphatic rings. The van der Waals surface area contributed by atoms with E-state index in [1.54, 1.807) is 0 Å². The Morgan fingerprint density at radius 2 is 0.606 bits per heavy atom. The van der Waals surface area contributed by atoms with Crippen LogP contribution in [-0.4, -0.2) is 29.4 Å². The van der Waals surface area contributed by atoms with Gasteiger partial charge in [0.1, 0.15) is 0 Å². The second kappa shape index (κ2) is 15.3. The summed E-state index contributed by atoms with van der Waals surface area (Å²) < 4.78 is 16.0. The van der Waals surface area contributed by atoms with Crippen LogP contribution in [0.4, 0.5) is 0 Å². The van der Waals surface area contributed by atoms with Crippen molar-refractivity contribution in [3.05, 3.63) is 218 Å². The average molecular weight is 849 g/mol. The molecule has 0 bridgehead atoms. The van der Waals surface area contributed by atoms with Gasteiger partial charge in [-0.3, -0.25) is 0 Å². The molecule has 0 radical (unpaired) electrons. The zero-order valence-corrected chi connectivity index (χ0v) is 35.3. The van der Waals surface area contributed by atoms with Gasteiger partial charge in [0.2, 0.25) is 11.6 Å². The minimum Gasteiger partial charge on any atom is -0.334 e. The molecular formula is C58H36N6O2. The van der Waals surface area contributed by atoms with E-state index in [0.717, 1.165) is 77.9 Å². The summed E-state index contributed by atoms with van der Waals surface area (Å²) in [5.41, 5.74) is 14.9. The summed E-state index contributed by atoms with van der Waals surface area (Å²) in [6, 6.07) is 76.0. The second-order valence-electron chi connectivity index (χ2n) is 16.4. The largest absolute Gasteiger partial charge is 0.334 e. The molecule has 0 N–H and O–H groups in total. The Bertz CT molecular complexity index is 3630. The summed E-state index contributed by atoms with van der Waals surface area (Å²) in [7, 11) is 0. The van der Waals surface area contributed by atoms with Gasteiger partial charge in [0.15, 0.2) is 0 Å². The maximum absolute atomic E-state index is 5.62. The number of para-hydroxylation sites is 2. The SMILES string of the molecule is c1ccc(-c2noc(-c3ccc(-c4ccc(-n5c6ccccc6c6c7c8ccccc8n(-c8ccc(-c9ccc(-c%10nc(-c%11ccccc%11)no%10)cc9)cc8)c7ccc65)cc4)cc3)n2)cc1. The summed E-state index contributed by atoms with van der Waals surface area (Å²) in [4.78, 5) is 9.28. The first-order chi connectivity index (χ1) is 32.7. The molecule has 0 aliphatic carbocycles. The molecule has 0 aliphatic heterocycles. The van der Waals surface area contributed by atoms with Gasteiger partial charge in [0.05, 0.1) is 22.1 Å². The second-order valence-corrected chi connectivity index (χ2v) is 16.4. The quantitative estimate of drug-likeness (QED) is 0.151. The molecule has 4 aromatic heterocycles. The molecule has 0 amide bonds. The van der Waals surface area contributed by atoms with Gasteiger partial charge in [-0.1, -0.05) is 156 Å². The Balaban J connectivity index is 0.829. The Morgan fingerprint density at radius 3 is 1.00 bits per heavy atom. The number of hydrogen-bond donors (Lipinski definition) is 0. The van der Waals surface area contributed by atoms with Crippen molar-refractivity contribution in [2.75, 3.05) is 0 Å². The summed E-state index contributed by atoms with van der Waals surface area (Å²) in [6.45, 7) is 0. The van der Waals surface area contributed by atoms with Crippen molar-refractivity contribution >= 4 is 43.6 Å². The maximum Gasteiger partial charge on any atom is 0.258 e. The molecule has 0 saturated carbocycles. The van der Waals surface area contributed by atoms with E-state index in [2.05, 4.69) is 163 Å². The summed E-state index contributed by atoms with van der Waals surface area (Å²) in [6.07, 6.45) is 0. The Morgan fingerprint density at radius 1 is 0.273 bits per heavy atom. The van der Waals surface area contributed by atoms with Crippen LogP contribution < -0.4 is 0 Å². The fourth-order valence-electron chi connectivity index (χ4n) is 9.38. The van der Waals surface area contributed by atoms with E-state index >= 15 is 0 Å². The molecule has 13 rings (SSSR count). The van der Waals surface area contributed by atoms with Crippen LogP contribution in [0.15, 0.2) is 227 Å². The summed E-state index contributed by atoms with van der Waals surface area (Å²) in [5, 5.41) is 13.3. The zero-order chi connectivity index (χ0) is 43.6. The van der Waals surface area contributed by atoms with Gasteiger partial charge in [0.25, 0.3) is 11.8 Å². The van der Waals surface area contributed by atoms with Crippen LogP contribution >= 0.6 is 0 Å². The first-order valence-corrected chi connectivity index (χ1v) is 21.9. The van der Waals surface area contributed by atoms with Gasteiger partial charge < -0.3 is 18.2 Å². The van der Waals surface area contributed by atoms with Gasteiger partial charge in [0, 0.05) is 55.2 Å². The van der Waals surface area contributed by atoms with Crippen molar-refractivity contribution in [3.63, 3.8) is 0 Å². The molecule has 8 heteroatoms. The molecule has 0 saturated heterocycles. The van der Waals surface area contributed by atoms with Gasteiger partial charge >= 0.3 is 0 Å². The van der Waals surface area contributed by atoms with E-state index in [4.69, 9.17) is 9.05 Å². The van der Waals surface area contributed by atoms with Crippen molar-refractivity contribution in [2.24, 2.45) is 0 Å². The first-order valence-electron chi connectivity index (χ1n) is 21.9. The normalized spacial score (nSPS) is 11.6. The van der Waals surface area contributed by atoms with E-state index in [-0.39, 0.29) is 0 Å². The smallest absolute Gasteiger partial charge is 0.258 e. The van der Waals surface area contributed by atoms with Crippen molar-refractivity contribution in [2.45, 2.75) is 0 Å². The highest BCUT2D eigenvalue weighted by Crippen LogP contribution is 2.43. The Labute approximate surface area is 378 Å². The van der Waals surface area contributed by atoms with Crippen molar-refractivity contribution in [3.8, 4) is 79.3 Å². The number of fused-ring (bicyclic) bond motifs is 7. The molecule has 0 spiro atoms. The third kappa shape index (κ3) is 6.23. The molecule has 0 fully saturated rings. The van der Waals surface area contributed by atoms with Crippen molar-refractivity contribution in [1.82, 2.24) is 29.4 Å². The van der Waals surface area contributed by atoms with Crippen LogP contribution in [-0.2, 0) is 0 Å². The Hall–Kier alpha value is -9.14. The molecule has 310 valence electrons. The van der Waals surface area contributed by atoms with Crippen LogP contribution in [0.3, 0.4) is 0 Å². The van der Waals surface area contributed by atoms with Crippen LogP contribution in [0, 0.1) is 0 Å². The lowest BCUT2D eigenvalue weighted by Gasteiger charge is -2.11. The highest BCUT2D eigenvalue weighted by atomic mass is 16.5. The van der Waals surface area contributed by atoms with Crippen molar-refractivity contribution in [1.29, 1.82) is 0 Å². The zero-order valence-electron chi connectivity index (χ0n) is 35.3. The van der Waals surface area contributed by atoms with E-state index in [1.807, 2.05) is 84.9 Å². The fraction of sp³-hybridized carbons (Fsp3) is 0. The molecular weight excluding hydrogens is 813 g/mol. The molecule has 0 atom stereocenters. The Kier molecular flexibility index (Phi) is 8.67. The fourth-order valence-corrected chi connectivity index (χ4v) is 9.38. The lowest BCUT2D eigenvalue weighted by atomic mass is 10.0. The lowest BCUT2D eigenvalue weighted by Crippen LogP contribution is -1.95. The minimum absolute atomic E-state index is 0.496. The van der Waals surface area contributed by atoms with Crippen molar-refractivity contribution < 1.29 is 9.05 Å². The van der Waals surface area contributed by atoms with Gasteiger partial charge in [-0.15, -0.1) is 0 Å². The van der Waals surface area contributed by atoms with Gasteiger partial charge in [-0.05, 0) is 95.1 Å². The molecule has 66 heavy (non-hydrogen) atoms. The number of hydrogen-bond acceptors (Lipinski definition) is 6. The van der Waals surface area contributed by atoms with E-state index in [1.165, 1.54) is 21.5 Å². The highest BCUT2D eigenvalue weighted by molar-refractivity contribution is 6.28. The molecule has 13 aromatic rings. The minimum atomic E-state index is 0.496.